The van der Waals surface area contributed by atoms with E-state index in [0.717, 1.165) is 11.8 Å². The Morgan fingerprint density at radius 1 is 1.50 bits per heavy atom. The number of nitrogens with one attached hydrogen (secondary N) is 1. The number of benzene rings is 1. The van der Waals surface area contributed by atoms with Gasteiger partial charge in [-0.1, -0.05) is 18.5 Å². The Hall–Kier alpha value is -2.15. The van der Waals surface area contributed by atoms with Gasteiger partial charge in [-0.15, -0.1) is 0 Å². The van der Waals surface area contributed by atoms with Crippen molar-refractivity contribution in [3.8, 4) is 0 Å². The van der Waals surface area contributed by atoms with E-state index < -0.39 is 10.7 Å². The van der Waals surface area contributed by atoms with Crippen LogP contribution in [0.3, 0.4) is 0 Å². The van der Waals surface area contributed by atoms with E-state index in [1.807, 2.05) is 6.92 Å². The van der Waals surface area contributed by atoms with Crippen molar-refractivity contribution in [2.75, 3.05) is 5.32 Å². The molecule has 1 aromatic carbocycles. The lowest BCUT2D eigenvalue weighted by Gasteiger charge is -2.07. The second-order valence-corrected chi connectivity index (χ2v) is 4.59. The second-order valence-electron chi connectivity index (χ2n) is 4.18. The van der Waals surface area contributed by atoms with Gasteiger partial charge in [-0.2, -0.15) is 5.10 Å². The summed E-state index contributed by atoms with van der Waals surface area (Å²) in [5.74, 6) is -0.828. The molecular formula is C12H12ClFN4O2. The highest BCUT2D eigenvalue weighted by atomic mass is 35.5. The molecular weight excluding hydrogens is 287 g/mol. The standard InChI is InChI=1S/C12H12ClFN4O2/c1-3-9-11(6-17(2)16-9)15-10-4-7(13)8(14)5-12(10)18(19)20/h4-6,15H,3H2,1-2H3. The number of nitrogens with zero attached hydrogens (tertiary/aromatic N) is 3. The summed E-state index contributed by atoms with van der Waals surface area (Å²) in [5, 5.41) is 17.9. The molecule has 106 valence electrons. The van der Waals surface area contributed by atoms with Crippen LogP contribution in [0.1, 0.15) is 12.6 Å². The number of nitro groups is 1. The highest BCUT2D eigenvalue weighted by molar-refractivity contribution is 6.31. The van der Waals surface area contributed by atoms with E-state index in [9.17, 15) is 14.5 Å². The summed E-state index contributed by atoms with van der Waals surface area (Å²) in [4.78, 5) is 10.3. The lowest BCUT2D eigenvalue weighted by molar-refractivity contribution is -0.384. The van der Waals surface area contributed by atoms with Gasteiger partial charge < -0.3 is 5.32 Å². The van der Waals surface area contributed by atoms with E-state index >= 15 is 0 Å². The molecule has 0 atom stereocenters. The summed E-state index contributed by atoms with van der Waals surface area (Å²) < 4.78 is 14.9. The zero-order valence-corrected chi connectivity index (χ0v) is 11.6. The predicted octanol–water partition coefficient (Wildman–Crippen LogP) is 3.43. The minimum absolute atomic E-state index is 0.129. The summed E-state index contributed by atoms with van der Waals surface area (Å²) in [7, 11) is 1.75. The third-order valence-electron chi connectivity index (χ3n) is 2.74. The number of nitro benzene ring substituents is 1. The predicted molar refractivity (Wildman–Crippen MR) is 73.9 cm³/mol. The van der Waals surface area contributed by atoms with Gasteiger partial charge >= 0.3 is 0 Å². The van der Waals surface area contributed by atoms with Crippen molar-refractivity contribution in [3.05, 3.63) is 45.0 Å². The number of hydrogen-bond donors (Lipinski definition) is 1. The number of aryl methyl sites for hydroxylation is 2. The third-order valence-corrected chi connectivity index (χ3v) is 3.03. The number of rotatable bonds is 4. The maximum atomic E-state index is 13.3. The van der Waals surface area contributed by atoms with Gasteiger partial charge in [0.2, 0.25) is 0 Å². The molecule has 0 bridgehead atoms. The highest BCUT2D eigenvalue weighted by Gasteiger charge is 2.19. The second kappa shape index (κ2) is 5.46. The van der Waals surface area contributed by atoms with Crippen molar-refractivity contribution in [1.82, 2.24) is 9.78 Å². The molecule has 0 spiro atoms. The summed E-state index contributed by atoms with van der Waals surface area (Å²) >= 11 is 5.68. The molecule has 2 rings (SSSR count). The molecule has 6 nitrogen and oxygen atoms in total. The molecule has 0 saturated heterocycles. The first-order valence-corrected chi connectivity index (χ1v) is 6.23. The van der Waals surface area contributed by atoms with Crippen molar-refractivity contribution < 1.29 is 9.31 Å². The Bertz CT molecular complexity index is 672. The Kier molecular flexibility index (Phi) is 3.89. The molecule has 1 heterocycles. The van der Waals surface area contributed by atoms with Crippen LogP contribution >= 0.6 is 11.6 Å². The van der Waals surface area contributed by atoms with Gasteiger partial charge in [-0.3, -0.25) is 14.8 Å². The summed E-state index contributed by atoms with van der Waals surface area (Å²) in [5.41, 5.74) is 1.13. The van der Waals surface area contributed by atoms with Crippen LogP contribution in [-0.2, 0) is 13.5 Å². The molecule has 0 fully saturated rings. The van der Waals surface area contributed by atoms with E-state index in [1.54, 1.807) is 17.9 Å². The van der Waals surface area contributed by atoms with Crippen LogP contribution in [0.5, 0.6) is 0 Å². The van der Waals surface area contributed by atoms with Gasteiger partial charge in [0.25, 0.3) is 5.69 Å². The van der Waals surface area contributed by atoms with E-state index in [0.29, 0.717) is 12.1 Å². The van der Waals surface area contributed by atoms with Crippen LogP contribution in [0.15, 0.2) is 18.3 Å². The SMILES string of the molecule is CCc1nn(C)cc1Nc1cc(Cl)c(F)cc1[N+](=O)[O-]. The summed E-state index contributed by atoms with van der Waals surface area (Å²) in [6, 6.07) is 1.99. The van der Waals surface area contributed by atoms with Gasteiger partial charge in [-0.05, 0) is 12.5 Å². The molecule has 0 unspecified atom stereocenters. The third kappa shape index (κ3) is 2.72. The normalized spacial score (nSPS) is 10.6. The van der Waals surface area contributed by atoms with E-state index in [1.165, 1.54) is 6.07 Å². The molecule has 1 aromatic heterocycles. The summed E-state index contributed by atoms with van der Waals surface area (Å²) in [6.07, 6.45) is 2.35. The van der Waals surface area contributed by atoms with Crippen molar-refractivity contribution in [3.63, 3.8) is 0 Å². The first-order valence-electron chi connectivity index (χ1n) is 5.85. The molecule has 0 saturated carbocycles. The maximum Gasteiger partial charge on any atom is 0.295 e. The first-order chi connectivity index (χ1) is 9.42. The van der Waals surface area contributed by atoms with E-state index in [-0.39, 0.29) is 16.4 Å². The topological polar surface area (TPSA) is 73.0 Å². The number of halogens is 2. The van der Waals surface area contributed by atoms with E-state index in [4.69, 9.17) is 11.6 Å². The first kappa shape index (κ1) is 14.3. The average Bonchev–Trinajstić information content (AvgIpc) is 2.73. The Morgan fingerprint density at radius 2 is 2.20 bits per heavy atom. The lowest BCUT2D eigenvalue weighted by Crippen LogP contribution is -1.99. The van der Waals surface area contributed by atoms with Crippen LogP contribution in [0.25, 0.3) is 0 Å². The average molecular weight is 299 g/mol. The largest absolute Gasteiger partial charge is 0.347 e. The molecule has 1 N–H and O–H groups in total. The molecule has 20 heavy (non-hydrogen) atoms. The highest BCUT2D eigenvalue weighted by Crippen LogP contribution is 2.33. The molecule has 0 amide bonds. The minimum atomic E-state index is -0.828. The van der Waals surface area contributed by atoms with Crippen molar-refractivity contribution >= 4 is 28.7 Å². The quantitative estimate of drug-likeness (QED) is 0.693. The molecule has 0 aliphatic carbocycles. The van der Waals surface area contributed by atoms with Gasteiger partial charge in [0, 0.05) is 13.2 Å². The molecule has 0 aliphatic rings. The molecule has 0 radical (unpaired) electrons. The smallest absolute Gasteiger partial charge is 0.295 e. The Morgan fingerprint density at radius 3 is 2.80 bits per heavy atom. The van der Waals surface area contributed by atoms with Crippen molar-refractivity contribution in [1.29, 1.82) is 0 Å². The van der Waals surface area contributed by atoms with Crippen LogP contribution in [-0.4, -0.2) is 14.7 Å². The number of aromatic nitrogens is 2. The molecule has 2 aromatic rings. The van der Waals surface area contributed by atoms with Crippen LogP contribution in [0.2, 0.25) is 5.02 Å². The minimum Gasteiger partial charge on any atom is -0.347 e. The van der Waals surface area contributed by atoms with Gasteiger partial charge in [0.1, 0.15) is 11.5 Å². The van der Waals surface area contributed by atoms with Gasteiger partial charge in [0.15, 0.2) is 0 Å². The fraction of sp³-hybridized carbons (Fsp3) is 0.250. The lowest BCUT2D eigenvalue weighted by atomic mass is 10.2. The monoisotopic (exact) mass is 298 g/mol. The van der Waals surface area contributed by atoms with Crippen molar-refractivity contribution in [2.24, 2.45) is 7.05 Å². The Balaban J connectivity index is 2.47. The summed E-state index contributed by atoms with van der Waals surface area (Å²) in [6.45, 7) is 1.92. The maximum absolute atomic E-state index is 13.3. The molecule has 8 heteroatoms. The van der Waals surface area contributed by atoms with Crippen LogP contribution < -0.4 is 5.32 Å². The zero-order chi connectivity index (χ0) is 14.9. The fourth-order valence-electron chi connectivity index (χ4n) is 1.83. The van der Waals surface area contributed by atoms with Gasteiger partial charge in [0.05, 0.1) is 27.4 Å². The number of anilines is 2. The number of hydrogen-bond acceptors (Lipinski definition) is 4. The van der Waals surface area contributed by atoms with E-state index in [2.05, 4.69) is 10.4 Å². The molecule has 0 aliphatic heterocycles. The van der Waals surface area contributed by atoms with Crippen LogP contribution in [0, 0.1) is 15.9 Å². The zero-order valence-electron chi connectivity index (χ0n) is 10.9. The Labute approximate surface area is 119 Å². The fourth-order valence-corrected chi connectivity index (χ4v) is 2.00. The van der Waals surface area contributed by atoms with Gasteiger partial charge in [-0.25, -0.2) is 4.39 Å². The van der Waals surface area contributed by atoms with Crippen LogP contribution in [0.4, 0.5) is 21.5 Å². The van der Waals surface area contributed by atoms with Crippen molar-refractivity contribution in [2.45, 2.75) is 13.3 Å².